The molecule has 3 N–H and O–H groups in total. The molecule has 0 aliphatic heterocycles. The fourth-order valence-electron chi connectivity index (χ4n) is 2.62. The first-order valence-electron chi connectivity index (χ1n) is 7.31. The highest BCUT2D eigenvalue weighted by Gasteiger charge is 2.24. The third-order valence-corrected chi connectivity index (χ3v) is 4.85. The normalized spacial score (nSPS) is 13.5. The summed E-state index contributed by atoms with van der Waals surface area (Å²) in [6.07, 6.45) is 7.06. The summed E-state index contributed by atoms with van der Waals surface area (Å²) < 4.78 is 0. The largest absolute Gasteiger partial charge is 0.365 e. The number of aldehydes is 1. The van der Waals surface area contributed by atoms with Gasteiger partial charge in [-0.1, -0.05) is 0 Å². The zero-order valence-corrected chi connectivity index (χ0v) is 12.8. The molecule has 1 aromatic heterocycles. The lowest BCUT2D eigenvalue weighted by Crippen LogP contribution is -2.18. The van der Waals surface area contributed by atoms with E-state index in [0.29, 0.717) is 36.2 Å². The van der Waals surface area contributed by atoms with E-state index >= 15 is 0 Å². The second kappa shape index (κ2) is 7.36. The topological polar surface area (TPSA) is 89.3 Å². The van der Waals surface area contributed by atoms with Gasteiger partial charge < -0.3 is 15.8 Å². The molecule has 1 aliphatic rings. The molecular formula is C15H20N2O3S. The van der Waals surface area contributed by atoms with E-state index in [1.165, 1.54) is 16.2 Å². The van der Waals surface area contributed by atoms with Gasteiger partial charge in [0.05, 0.1) is 5.56 Å². The maximum absolute atomic E-state index is 11.9. The molecule has 5 nitrogen and oxygen atoms in total. The Morgan fingerprint density at radius 1 is 1.24 bits per heavy atom. The summed E-state index contributed by atoms with van der Waals surface area (Å²) in [6, 6.07) is 0. The van der Waals surface area contributed by atoms with Crippen molar-refractivity contribution in [2.45, 2.75) is 51.4 Å². The van der Waals surface area contributed by atoms with Gasteiger partial charge in [-0.3, -0.25) is 9.59 Å². The predicted molar refractivity (Wildman–Crippen MR) is 82.6 cm³/mol. The minimum absolute atomic E-state index is 0.123. The van der Waals surface area contributed by atoms with Crippen molar-refractivity contribution in [1.29, 1.82) is 0 Å². The number of hydrogen-bond acceptors (Lipinski definition) is 4. The average Bonchev–Trinajstić information content (AvgIpc) is 2.81. The minimum Gasteiger partial charge on any atom is -0.365 e. The first-order chi connectivity index (χ1) is 10.1. The standard InChI is InChI=1S/C15H20N2O3S/c16-14(20)13-10-6-3-4-7-11(10)21-15(13)17-12(19)8-2-1-5-9-18/h9H,1-8H2,(H2,16,20)(H,17,19). The van der Waals surface area contributed by atoms with Gasteiger partial charge in [-0.2, -0.15) is 0 Å². The number of aryl methyl sites for hydroxylation is 1. The average molecular weight is 308 g/mol. The first-order valence-corrected chi connectivity index (χ1v) is 8.13. The number of primary amides is 1. The van der Waals surface area contributed by atoms with Crippen molar-refractivity contribution in [1.82, 2.24) is 0 Å². The number of carbonyl (C=O) groups is 3. The molecule has 0 aromatic carbocycles. The van der Waals surface area contributed by atoms with Gasteiger partial charge in [-0.05, 0) is 44.1 Å². The Morgan fingerprint density at radius 3 is 2.71 bits per heavy atom. The molecule has 0 unspecified atom stereocenters. The number of hydrogen-bond donors (Lipinski definition) is 2. The van der Waals surface area contributed by atoms with Crippen LogP contribution in [0.5, 0.6) is 0 Å². The lowest BCUT2D eigenvalue weighted by molar-refractivity contribution is -0.116. The minimum atomic E-state index is -0.467. The number of unbranched alkanes of at least 4 members (excludes halogenated alkanes) is 2. The molecular weight excluding hydrogens is 288 g/mol. The molecule has 0 fully saturated rings. The third kappa shape index (κ3) is 3.91. The Balaban J connectivity index is 2.05. The van der Waals surface area contributed by atoms with Crippen LogP contribution in [0.4, 0.5) is 5.00 Å². The van der Waals surface area contributed by atoms with E-state index in [9.17, 15) is 14.4 Å². The highest BCUT2D eigenvalue weighted by molar-refractivity contribution is 7.17. The van der Waals surface area contributed by atoms with Crippen LogP contribution in [0.15, 0.2) is 0 Å². The highest BCUT2D eigenvalue weighted by Crippen LogP contribution is 2.37. The summed E-state index contributed by atoms with van der Waals surface area (Å²) in [5.41, 5.74) is 7.00. The number of anilines is 1. The molecule has 0 saturated heterocycles. The lowest BCUT2D eigenvalue weighted by atomic mass is 9.95. The zero-order valence-electron chi connectivity index (χ0n) is 11.9. The molecule has 2 rings (SSSR count). The predicted octanol–water partition coefficient (Wildman–Crippen LogP) is 2.42. The molecule has 21 heavy (non-hydrogen) atoms. The van der Waals surface area contributed by atoms with Crippen LogP contribution >= 0.6 is 11.3 Å². The molecule has 0 bridgehead atoms. The van der Waals surface area contributed by atoms with Crippen LogP contribution in [0, 0.1) is 0 Å². The van der Waals surface area contributed by atoms with Crippen molar-refractivity contribution < 1.29 is 14.4 Å². The number of thiophene rings is 1. The fourth-order valence-corrected chi connectivity index (χ4v) is 3.93. The van der Waals surface area contributed by atoms with E-state index in [0.717, 1.165) is 37.5 Å². The van der Waals surface area contributed by atoms with Crippen LogP contribution in [0.3, 0.4) is 0 Å². The Kier molecular flexibility index (Phi) is 5.50. The van der Waals surface area contributed by atoms with Crippen LogP contribution in [0.1, 0.15) is 59.3 Å². The van der Waals surface area contributed by atoms with Gasteiger partial charge >= 0.3 is 0 Å². The summed E-state index contributed by atoms with van der Waals surface area (Å²) in [7, 11) is 0. The van der Waals surface area contributed by atoms with Gasteiger partial charge in [0.15, 0.2) is 0 Å². The van der Waals surface area contributed by atoms with Gasteiger partial charge in [0, 0.05) is 17.7 Å². The van der Waals surface area contributed by atoms with Crippen molar-refractivity contribution in [3.8, 4) is 0 Å². The summed E-state index contributed by atoms with van der Waals surface area (Å²) in [5.74, 6) is -0.590. The molecule has 1 aromatic rings. The Hall–Kier alpha value is -1.69. The molecule has 0 atom stereocenters. The smallest absolute Gasteiger partial charge is 0.251 e. The number of nitrogens with one attached hydrogen (secondary N) is 1. The fraction of sp³-hybridized carbons (Fsp3) is 0.533. The number of nitrogens with two attached hydrogens (primary N) is 1. The first kappa shape index (κ1) is 15.7. The number of amides is 2. The van der Waals surface area contributed by atoms with E-state index in [2.05, 4.69) is 5.32 Å². The van der Waals surface area contributed by atoms with Crippen molar-refractivity contribution in [2.24, 2.45) is 5.73 Å². The maximum atomic E-state index is 11.9. The van der Waals surface area contributed by atoms with Crippen LogP contribution < -0.4 is 11.1 Å². The van der Waals surface area contributed by atoms with Gasteiger partial charge in [0.2, 0.25) is 5.91 Å². The number of rotatable bonds is 7. The molecule has 2 amide bonds. The van der Waals surface area contributed by atoms with Crippen molar-refractivity contribution >= 4 is 34.4 Å². The van der Waals surface area contributed by atoms with E-state index < -0.39 is 5.91 Å². The van der Waals surface area contributed by atoms with E-state index in [4.69, 9.17) is 5.73 Å². The second-order valence-corrected chi connectivity index (χ2v) is 6.35. The zero-order chi connectivity index (χ0) is 15.2. The SMILES string of the molecule is NC(=O)c1c(NC(=O)CCCCC=O)sc2c1CCCC2. The van der Waals surface area contributed by atoms with Crippen molar-refractivity contribution in [2.75, 3.05) is 5.32 Å². The van der Waals surface area contributed by atoms with Crippen LogP contribution in [-0.2, 0) is 22.4 Å². The van der Waals surface area contributed by atoms with Crippen molar-refractivity contribution in [3.63, 3.8) is 0 Å². The quantitative estimate of drug-likeness (QED) is 0.599. The van der Waals surface area contributed by atoms with Crippen LogP contribution in [0.25, 0.3) is 0 Å². The number of carbonyl (C=O) groups excluding carboxylic acids is 3. The Bertz CT molecular complexity index is 551. The highest BCUT2D eigenvalue weighted by atomic mass is 32.1. The molecule has 1 heterocycles. The lowest BCUT2D eigenvalue weighted by Gasteiger charge is -2.11. The van der Waals surface area contributed by atoms with Gasteiger partial charge in [-0.15, -0.1) is 11.3 Å². The van der Waals surface area contributed by atoms with Crippen LogP contribution in [0.2, 0.25) is 0 Å². The third-order valence-electron chi connectivity index (χ3n) is 3.65. The van der Waals surface area contributed by atoms with E-state index in [-0.39, 0.29) is 5.91 Å². The molecule has 114 valence electrons. The summed E-state index contributed by atoms with van der Waals surface area (Å²) in [5, 5.41) is 3.41. The Morgan fingerprint density at radius 2 is 2.00 bits per heavy atom. The van der Waals surface area contributed by atoms with Crippen molar-refractivity contribution in [3.05, 3.63) is 16.0 Å². The summed E-state index contributed by atoms with van der Waals surface area (Å²) >= 11 is 1.47. The summed E-state index contributed by atoms with van der Waals surface area (Å²) in [4.78, 5) is 35.0. The van der Waals surface area contributed by atoms with E-state index in [1.54, 1.807) is 0 Å². The van der Waals surface area contributed by atoms with Crippen LogP contribution in [-0.4, -0.2) is 18.1 Å². The maximum Gasteiger partial charge on any atom is 0.251 e. The van der Waals surface area contributed by atoms with E-state index in [1.807, 2.05) is 0 Å². The number of fused-ring (bicyclic) bond motifs is 1. The molecule has 6 heteroatoms. The van der Waals surface area contributed by atoms with Gasteiger partial charge in [0.1, 0.15) is 11.3 Å². The second-order valence-electron chi connectivity index (χ2n) is 5.24. The monoisotopic (exact) mass is 308 g/mol. The molecule has 0 saturated carbocycles. The van der Waals surface area contributed by atoms with Gasteiger partial charge in [0.25, 0.3) is 5.91 Å². The molecule has 0 spiro atoms. The molecule has 0 radical (unpaired) electrons. The molecule has 1 aliphatic carbocycles. The summed E-state index contributed by atoms with van der Waals surface area (Å²) in [6.45, 7) is 0. The van der Waals surface area contributed by atoms with Gasteiger partial charge in [-0.25, -0.2) is 0 Å². The Labute approximate surface area is 127 Å².